The number of carbonyl (C=O) groups excluding carboxylic acids is 1. The minimum Gasteiger partial charge on any atom is -0.364 e. The first-order valence-corrected chi connectivity index (χ1v) is 5.48. The number of nitrogens with one attached hydrogen (secondary N) is 1. The van der Waals surface area contributed by atoms with E-state index in [1.807, 2.05) is 0 Å². The van der Waals surface area contributed by atoms with Gasteiger partial charge in [0.15, 0.2) is 5.69 Å². The van der Waals surface area contributed by atoms with Gasteiger partial charge in [0.1, 0.15) is 6.26 Å². The van der Waals surface area contributed by atoms with Crippen LogP contribution >= 0.6 is 0 Å². The maximum atomic E-state index is 12.0. The zero-order chi connectivity index (χ0) is 12.7. The zero-order valence-corrected chi connectivity index (χ0v) is 9.64. The molecule has 1 N–H and O–H groups in total. The first-order valence-electron chi connectivity index (χ1n) is 5.48. The molecule has 3 rings (SSSR count). The summed E-state index contributed by atoms with van der Waals surface area (Å²) in [6.45, 7) is 2.12. The van der Waals surface area contributed by atoms with Gasteiger partial charge >= 0.3 is 0 Å². The highest BCUT2D eigenvalue weighted by atomic mass is 16.5. The lowest BCUT2D eigenvalue weighted by Gasteiger charge is -2.15. The zero-order valence-electron chi connectivity index (χ0n) is 9.64. The Morgan fingerprint density at radius 2 is 2.28 bits per heavy atom. The van der Waals surface area contributed by atoms with Crippen LogP contribution in [0, 0.1) is 6.92 Å². The van der Waals surface area contributed by atoms with Crippen LogP contribution in [0.15, 0.2) is 21.8 Å². The topological polar surface area (TPSA) is 90.0 Å². The molecule has 2 aromatic rings. The van der Waals surface area contributed by atoms with Gasteiger partial charge in [-0.3, -0.25) is 19.5 Å². The molecule has 7 nitrogen and oxygen atoms in total. The third-order valence-electron chi connectivity index (χ3n) is 2.91. The molecule has 0 fully saturated rings. The molecule has 0 radical (unpaired) electrons. The van der Waals surface area contributed by atoms with E-state index in [0.29, 0.717) is 24.1 Å². The van der Waals surface area contributed by atoms with Crippen LogP contribution in [0.1, 0.15) is 21.6 Å². The van der Waals surface area contributed by atoms with Gasteiger partial charge in [-0.05, 0) is 13.3 Å². The van der Waals surface area contributed by atoms with Crippen molar-refractivity contribution in [3.05, 3.63) is 39.6 Å². The van der Waals surface area contributed by atoms with Crippen molar-refractivity contribution in [1.82, 2.24) is 14.7 Å². The Morgan fingerprint density at radius 3 is 3.11 bits per heavy atom. The number of aryl methyl sites for hydroxylation is 2. The summed E-state index contributed by atoms with van der Waals surface area (Å²) in [6.07, 6.45) is 3.37. The molecule has 0 saturated carbocycles. The third-order valence-corrected chi connectivity index (χ3v) is 2.91. The Hall–Kier alpha value is -2.44. The van der Waals surface area contributed by atoms with Gasteiger partial charge in [0.2, 0.25) is 5.95 Å². The van der Waals surface area contributed by atoms with Crippen LogP contribution in [0.5, 0.6) is 0 Å². The van der Waals surface area contributed by atoms with Crippen LogP contribution in [0.3, 0.4) is 0 Å². The van der Waals surface area contributed by atoms with Gasteiger partial charge in [-0.15, -0.1) is 0 Å². The smallest absolute Gasteiger partial charge is 0.280 e. The van der Waals surface area contributed by atoms with E-state index in [-0.39, 0.29) is 17.2 Å². The fourth-order valence-corrected chi connectivity index (χ4v) is 1.91. The minimum absolute atomic E-state index is 0.153. The maximum Gasteiger partial charge on any atom is 0.280 e. The molecule has 0 saturated heterocycles. The summed E-state index contributed by atoms with van der Waals surface area (Å²) < 4.78 is 6.23. The average Bonchev–Trinajstić information content (AvgIpc) is 2.79. The molecule has 2 aromatic heterocycles. The van der Waals surface area contributed by atoms with E-state index in [9.17, 15) is 9.59 Å². The minimum atomic E-state index is -0.414. The number of aromatic nitrogens is 3. The van der Waals surface area contributed by atoms with Crippen LogP contribution < -0.4 is 10.9 Å². The van der Waals surface area contributed by atoms with E-state index in [1.165, 1.54) is 17.0 Å². The van der Waals surface area contributed by atoms with Gasteiger partial charge in [-0.2, -0.15) is 0 Å². The molecule has 0 aromatic carbocycles. The molecule has 92 valence electrons. The van der Waals surface area contributed by atoms with Crippen LogP contribution in [0.2, 0.25) is 0 Å². The van der Waals surface area contributed by atoms with E-state index in [4.69, 9.17) is 4.52 Å². The van der Waals surface area contributed by atoms with E-state index in [2.05, 4.69) is 15.5 Å². The summed E-state index contributed by atoms with van der Waals surface area (Å²) in [5, 5.41) is 6.21. The number of hydrogen-bond acceptors (Lipinski definition) is 5. The molecule has 0 unspecified atom stereocenters. The lowest BCUT2D eigenvalue weighted by molar-refractivity contribution is 0.101. The summed E-state index contributed by atoms with van der Waals surface area (Å²) in [7, 11) is 0. The van der Waals surface area contributed by atoms with Gasteiger partial charge in [-0.25, -0.2) is 4.98 Å². The van der Waals surface area contributed by atoms with E-state index >= 15 is 0 Å². The largest absolute Gasteiger partial charge is 0.364 e. The molecule has 1 aliphatic heterocycles. The Bertz CT molecular complexity index is 686. The van der Waals surface area contributed by atoms with E-state index < -0.39 is 5.91 Å². The summed E-state index contributed by atoms with van der Waals surface area (Å²) >= 11 is 0. The average molecular weight is 246 g/mol. The summed E-state index contributed by atoms with van der Waals surface area (Å²) in [6, 6.07) is 0. The van der Waals surface area contributed by atoms with Gasteiger partial charge in [0.25, 0.3) is 11.5 Å². The Kier molecular flexibility index (Phi) is 2.26. The highest BCUT2D eigenvalue weighted by Crippen LogP contribution is 2.15. The fraction of sp³-hybridized carbons (Fsp3) is 0.273. The number of nitrogens with zero attached hydrogens (tertiary/aromatic N) is 3. The second-order valence-corrected chi connectivity index (χ2v) is 4.11. The first-order chi connectivity index (χ1) is 8.66. The van der Waals surface area contributed by atoms with Crippen molar-refractivity contribution in [2.75, 3.05) is 5.32 Å². The van der Waals surface area contributed by atoms with Gasteiger partial charge < -0.3 is 4.52 Å². The molecule has 0 bridgehead atoms. The molecule has 3 heterocycles. The second-order valence-electron chi connectivity index (χ2n) is 4.11. The highest BCUT2D eigenvalue weighted by Gasteiger charge is 2.22. The fourth-order valence-electron chi connectivity index (χ4n) is 1.91. The van der Waals surface area contributed by atoms with Gasteiger partial charge in [-0.1, -0.05) is 5.16 Å². The van der Waals surface area contributed by atoms with Crippen molar-refractivity contribution < 1.29 is 9.32 Å². The van der Waals surface area contributed by atoms with Crippen LogP contribution in [-0.4, -0.2) is 20.6 Å². The predicted octanol–water partition coefficient (Wildman–Crippen LogP) is 0.348. The van der Waals surface area contributed by atoms with Crippen LogP contribution in [0.25, 0.3) is 0 Å². The quantitative estimate of drug-likeness (QED) is 0.724. The summed E-state index contributed by atoms with van der Waals surface area (Å²) in [5.41, 5.74) is 1.32. The van der Waals surface area contributed by atoms with Crippen LogP contribution in [-0.2, 0) is 13.0 Å². The number of carbonyl (C=O) groups is 1. The molecule has 0 spiro atoms. The summed E-state index contributed by atoms with van der Waals surface area (Å²) in [4.78, 5) is 27.9. The second kappa shape index (κ2) is 3.80. The maximum absolute atomic E-state index is 12.0. The van der Waals surface area contributed by atoms with Crippen molar-refractivity contribution >= 4 is 11.9 Å². The number of amides is 1. The predicted molar refractivity (Wildman–Crippen MR) is 61.4 cm³/mol. The highest BCUT2D eigenvalue weighted by molar-refractivity contribution is 6.02. The molecular formula is C11H10N4O3. The molecule has 0 atom stereocenters. The first kappa shape index (κ1) is 10.7. The van der Waals surface area contributed by atoms with Crippen molar-refractivity contribution in [3.8, 4) is 0 Å². The SMILES string of the molecule is Cc1cnc2n(c1=O)CCc1conc1C(=O)N2. The number of anilines is 1. The van der Waals surface area contributed by atoms with E-state index in [1.54, 1.807) is 6.92 Å². The summed E-state index contributed by atoms with van der Waals surface area (Å²) in [5.74, 6) is -0.174. The van der Waals surface area contributed by atoms with Crippen molar-refractivity contribution in [2.45, 2.75) is 19.9 Å². The molecular weight excluding hydrogens is 236 g/mol. The lowest BCUT2D eigenvalue weighted by Crippen LogP contribution is -2.31. The lowest BCUT2D eigenvalue weighted by atomic mass is 10.1. The number of hydrogen-bond donors (Lipinski definition) is 1. The van der Waals surface area contributed by atoms with Crippen molar-refractivity contribution in [2.24, 2.45) is 0 Å². The van der Waals surface area contributed by atoms with Crippen molar-refractivity contribution in [3.63, 3.8) is 0 Å². The monoisotopic (exact) mass is 246 g/mol. The van der Waals surface area contributed by atoms with Crippen LogP contribution in [0.4, 0.5) is 5.95 Å². The molecule has 1 amide bonds. The number of fused-ring (bicyclic) bond motifs is 2. The standard InChI is InChI=1S/C11H10N4O3/c1-6-4-12-11-13-9(16)8-7(5-18-14-8)2-3-15(11)10(6)17/h4-5H,2-3H2,1H3,(H,12,13,16). The van der Waals surface area contributed by atoms with E-state index in [0.717, 1.165) is 0 Å². The van der Waals surface area contributed by atoms with Gasteiger partial charge in [0, 0.05) is 23.9 Å². The molecule has 7 heteroatoms. The van der Waals surface area contributed by atoms with Gasteiger partial charge in [0.05, 0.1) is 0 Å². The molecule has 18 heavy (non-hydrogen) atoms. The molecule has 1 aliphatic rings. The Labute approximate surface area is 101 Å². The Balaban J connectivity index is 2.13. The molecule has 0 aliphatic carbocycles. The normalized spacial score (nSPS) is 14.2. The number of rotatable bonds is 0. The Morgan fingerprint density at radius 1 is 1.44 bits per heavy atom. The third kappa shape index (κ3) is 1.52. The van der Waals surface area contributed by atoms with Crippen molar-refractivity contribution in [1.29, 1.82) is 0 Å².